The van der Waals surface area contributed by atoms with Crippen molar-refractivity contribution >= 4 is 5.95 Å². The number of nitrogens with one attached hydrogen (secondary N) is 2. The van der Waals surface area contributed by atoms with Crippen LogP contribution in [-0.2, 0) is 7.05 Å². The monoisotopic (exact) mass is 223 g/mol. The normalized spacial score (nSPS) is 25.7. The quantitative estimate of drug-likeness (QED) is 0.811. The van der Waals surface area contributed by atoms with Crippen LogP contribution >= 0.6 is 0 Å². The Labute approximate surface area is 96.6 Å². The van der Waals surface area contributed by atoms with E-state index >= 15 is 0 Å². The molecule has 90 valence electrons. The first-order valence-corrected chi connectivity index (χ1v) is 6.06. The maximum atomic E-state index is 4.27. The zero-order chi connectivity index (χ0) is 11.5. The van der Waals surface area contributed by atoms with E-state index in [0.717, 1.165) is 24.2 Å². The van der Waals surface area contributed by atoms with Crippen LogP contribution in [0.1, 0.15) is 38.1 Å². The first-order valence-electron chi connectivity index (χ1n) is 6.06. The second kappa shape index (κ2) is 4.82. The summed E-state index contributed by atoms with van der Waals surface area (Å²) in [6, 6.07) is 0.360. The van der Waals surface area contributed by atoms with Gasteiger partial charge in [-0.15, -0.1) is 10.2 Å². The molecule has 0 radical (unpaired) electrons. The Kier molecular flexibility index (Phi) is 3.43. The van der Waals surface area contributed by atoms with Crippen molar-refractivity contribution in [3.05, 3.63) is 5.82 Å². The molecule has 1 fully saturated rings. The van der Waals surface area contributed by atoms with E-state index < -0.39 is 0 Å². The minimum absolute atomic E-state index is 0.360. The number of hydrogen-bond donors (Lipinski definition) is 2. The molecule has 0 aromatic carbocycles. The van der Waals surface area contributed by atoms with Gasteiger partial charge in [0.1, 0.15) is 0 Å². The highest BCUT2D eigenvalue weighted by Gasteiger charge is 2.25. The molecule has 5 nitrogen and oxygen atoms in total. The number of nitrogens with zero attached hydrogens (tertiary/aromatic N) is 3. The maximum Gasteiger partial charge on any atom is 0.224 e. The van der Waals surface area contributed by atoms with Crippen LogP contribution in [0.2, 0.25) is 0 Å². The van der Waals surface area contributed by atoms with Gasteiger partial charge in [-0.1, -0.05) is 13.3 Å². The predicted molar refractivity (Wildman–Crippen MR) is 64.3 cm³/mol. The fraction of sp³-hybridized carbons (Fsp3) is 0.818. The third-order valence-electron chi connectivity index (χ3n) is 3.53. The molecule has 2 unspecified atom stereocenters. The van der Waals surface area contributed by atoms with Crippen LogP contribution in [0.4, 0.5) is 5.95 Å². The van der Waals surface area contributed by atoms with E-state index in [2.05, 4.69) is 27.8 Å². The summed E-state index contributed by atoms with van der Waals surface area (Å²) in [5.74, 6) is 2.69. The highest BCUT2D eigenvalue weighted by Crippen LogP contribution is 2.28. The first-order chi connectivity index (χ1) is 7.76. The Hall–Kier alpha value is -1.10. The summed E-state index contributed by atoms with van der Waals surface area (Å²) < 4.78 is 2.04. The summed E-state index contributed by atoms with van der Waals surface area (Å²) in [6.07, 6.45) is 3.71. The molecule has 0 saturated carbocycles. The van der Waals surface area contributed by atoms with Gasteiger partial charge < -0.3 is 10.6 Å². The van der Waals surface area contributed by atoms with E-state index in [1.165, 1.54) is 19.3 Å². The van der Waals surface area contributed by atoms with Gasteiger partial charge in [-0.25, -0.2) is 0 Å². The molecule has 1 aromatic heterocycles. The van der Waals surface area contributed by atoms with Gasteiger partial charge in [0.05, 0.1) is 6.04 Å². The van der Waals surface area contributed by atoms with Crippen LogP contribution in [0, 0.1) is 5.92 Å². The minimum Gasteiger partial charge on any atom is -0.357 e. The van der Waals surface area contributed by atoms with Crippen LogP contribution in [0.3, 0.4) is 0 Å². The molecule has 2 atom stereocenters. The molecule has 1 aliphatic rings. The summed E-state index contributed by atoms with van der Waals surface area (Å²) in [4.78, 5) is 0. The highest BCUT2D eigenvalue weighted by atomic mass is 15.3. The van der Waals surface area contributed by atoms with Gasteiger partial charge in [-0.05, 0) is 25.3 Å². The Morgan fingerprint density at radius 2 is 2.31 bits per heavy atom. The predicted octanol–water partition coefficient (Wildman–Crippen LogP) is 1.31. The van der Waals surface area contributed by atoms with Crippen molar-refractivity contribution in [3.63, 3.8) is 0 Å². The summed E-state index contributed by atoms with van der Waals surface area (Å²) >= 11 is 0. The Morgan fingerprint density at radius 1 is 1.50 bits per heavy atom. The minimum atomic E-state index is 0.360. The van der Waals surface area contributed by atoms with E-state index in [9.17, 15) is 0 Å². The van der Waals surface area contributed by atoms with E-state index in [-0.39, 0.29) is 0 Å². The van der Waals surface area contributed by atoms with Crippen molar-refractivity contribution in [2.24, 2.45) is 13.0 Å². The zero-order valence-electron chi connectivity index (χ0n) is 10.3. The van der Waals surface area contributed by atoms with E-state index in [1.807, 2.05) is 18.7 Å². The average Bonchev–Trinajstić information content (AvgIpc) is 2.70. The number of piperidine rings is 1. The van der Waals surface area contributed by atoms with Crippen LogP contribution in [0.5, 0.6) is 0 Å². The SMILES string of the molecule is CCC1CCNC(c2nnc(NC)n2C)C1. The third-order valence-corrected chi connectivity index (χ3v) is 3.53. The number of aromatic nitrogens is 3. The molecule has 2 N–H and O–H groups in total. The van der Waals surface area contributed by atoms with E-state index in [0.29, 0.717) is 6.04 Å². The van der Waals surface area contributed by atoms with Crippen molar-refractivity contribution in [3.8, 4) is 0 Å². The van der Waals surface area contributed by atoms with Crippen molar-refractivity contribution < 1.29 is 0 Å². The van der Waals surface area contributed by atoms with E-state index in [1.54, 1.807) is 0 Å². The first kappa shape index (κ1) is 11.4. The zero-order valence-corrected chi connectivity index (χ0v) is 10.3. The van der Waals surface area contributed by atoms with Gasteiger partial charge in [0.25, 0.3) is 0 Å². The van der Waals surface area contributed by atoms with Crippen LogP contribution in [0.15, 0.2) is 0 Å². The van der Waals surface area contributed by atoms with Gasteiger partial charge >= 0.3 is 0 Å². The van der Waals surface area contributed by atoms with Crippen LogP contribution in [0.25, 0.3) is 0 Å². The van der Waals surface area contributed by atoms with Crippen molar-refractivity contribution in [1.29, 1.82) is 0 Å². The lowest BCUT2D eigenvalue weighted by molar-refractivity contribution is 0.287. The maximum absolute atomic E-state index is 4.27. The van der Waals surface area contributed by atoms with E-state index in [4.69, 9.17) is 0 Å². The topological polar surface area (TPSA) is 54.8 Å². The highest BCUT2D eigenvalue weighted by molar-refractivity contribution is 5.24. The van der Waals surface area contributed by atoms with Crippen molar-refractivity contribution in [1.82, 2.24) is 20.1 Å². The van der Waals surface area contributed by atoms with Gasteiger partial charge in [0, 0.05) is 14.1 Å². The van der Waals surface area contributed by atoms with Crippen molar-refractivity contribution in [2.45, 2.75) is 32.2 Å². The molecule has 0 aliphatic carbocycles. The molecule has 1 aliphatic heterocycles. The molecular weight excluding hydrogens is 202 g/mol. The molecule has 0 amide bonds. The standard InChI is InChI=1S/C11H21N5/c1-4-8-5-6-13-9(7-8)10-14-15-11(12-2)16(10)3/h8-9,13H,4-7H2,1-3H3,(H,12,15). The van der Waals surface area contributed by atoms with Gasteiger partial charge in [0.2, 0.25) is 5.95 Å². The Morgan fingerprint density at radius 3 is 2.94 bits per heavy atom. The second-order valence-electron chi connectivity index (χ2n) is 4.50. The summed E-state index contributed by atoms with van der Waals surface area (Å²) in [6.45, 7) is 3.35. The Balaban J connectivity index is 2.13. The van der Waals surface area contributed by atoms with Gasteiger partial charge in [-0.3, -0.25) is 4.57 Å². The molecule has 16 heavy (non-hydrogen) atoms. The number of anilines is 1. The lowest BCUT2D eigenvalue weighted by Gasteiger charge is -2.28. The fourth-order valence-corrected chi connectivity index (χ4v) is 2.43. The largest absolute Gasteiger partial charge is 0.357 e. The smallest absolute Gasteiger partial charge is 0.224 e. The number of rotatable bonds is 3. The molecule has 2 rings (SSSR count). The molecule has 1 saturated heterocycles. The molecule has 0 spiro atoms. The van der Waals surface area contributed by atoms with Crippen LogP contribution in [-0.4, -0.2) is 28.4 Å². The number of hydrogen-bond acceptors (Lipinski definition) is 4. The van der Waals surface area contributed by atoms with Gasteiger partial charge in [-0.2, -0.15) is 0 Å². The molecule has 2 heterocycles. The van der Waals surface area contributed by atoms with Crippen molar-refractivity contribution in [2.75, 3.05) is 18.9 Å². The van der Waals surface area contributed by atoms with Gasteiger partial charge in [0.15, 0.2) is 5.82 Å². The third kappa shape index (κ3) is 2.04. The summed E-state index contributed by atoms with van der Waals surface area (Å²) in [5, 5.41) is 15.0. The molecule has 1 aromatic rings. The second-order valence-corrected chi connectivity index (χ2v) is 4.50. The van der Waals surface area contributed by atoms with Crippen LogP contribution < -0.4 is 10.6 Å². The lowest BCUT2D eigenvalue weighted by atomic mass is 9.90. The summed E-state index contributed by atoms with van der Waals surface area (Å²) in [5.41, 5.74) is 0. The summed E-state index contributed by atoms with van der Waals surface area (Å²) in [7, 11) is 3.88. The molecular formula is C11H21N5. The molecule has 0 bridgehead atoms. The Bertz CT molecular complexity index is 346. The molecule has 5 heteroatoms. The lowest BCUT2D eigenvalue weighted by Crippen LogP contribution is -2.33. The average molecular weight is 223 g/mol. The fourth-order valence-electron chi connectivity index (χ4n) is 2.43.